The normalized spacial score (nSPS) is 15.8. The fourth-order valence-corrected chi connectivity index (χ4v) is 1.88. The molecular formula is C11H13ClN2. The monoisotopic (exact) mass is 208 g/mol. The second-order valence-corrected chi connectivity index (χ2v) is 3.61. The molecule has 1 aromatic rings. The van der Waals surface area contributed by atoms with Crippen molar-refractivity contribution in [3.63, 3.8) is 0 Å². The van der Waals surface area contributed by atoms with Crippen LogP contribution in [0, 0.1) is 0 Å². The van der Waals surface area contributed by atoms with Crippen molar-refractivity contribution in [2.45, 2.75) is 6.54 Å². The highest BCUT2D eigenvalue weighted by atomic mass is 35.5. The smallest absolute Gasteiger partial charge is 0.114 e. The Morgan fingerprint density at radius 1 is 1.29 bits per heavy atom. The fourth-order valence-electron chi connectivity index (χ4n) is 1.63. The van der Waals surface area contributed by atoms with Crippen LogP contribution in [-0.2, 0) is 6.54 Å². The first-order valence-corrected chi connectivity index (χ1v) is 5.32. The van der Waals surface area contributed by atoms with Crippen LogP contribution in [0.15, 0.2) is 35.3 Å². The molecule has 74 valence electrons. The van der Waals surface area contributed by atoms with E-state index in [-0.39, 0.29) is 0 Å². The average Bonchev–Trinajstić information content (AvgIpc) is 2.67. The van der Waals surface area contributed by atoms with Gasteiger partial charge in [-0.1, -0.05) is 30.3 Å². The number of halogens is 1. The number of aliphatic imine (C=N–C) groups is 1. The summed E-state index contributed by atoms with van der Waals surface area (Å²) < 4.78 is 0. The summed E-state index contributed by atoms with van der Waals surface area (Å²) in [6, 6.07) is 10.4. The molecule has 3 heteroatoms. The second kappa shape index (κ2) is 4.47. The van der Waals surface area contributed by atoms with Gasteiger partial charge >= 0.3 is 0 Å². The van der Waals surface area contributed by atoms with Crippen molar-refractivity contribution in [2.75, 3.05) is 19.0 Å². The number of nitrogens with zero attached hydrogens (tertiary/aromatic N) is 2. The molecule has 1 aliphatic heterocycles. The van der Waals surface area contributed by atoms with Crippen molar-refractivity contribution in [1.82, 2.24) is 4.90 Å². The van der Waals surface area contributed by atoms with Gasteiger partial charge in [-0.25, -0.2) is 0 Å². The molecular weight excluding hydrogens is 196 g/mol. The van der Waals surface area contributed by atoms with Gasteiger partial charge in [0, 0.05) is 13.1 Å². The minimum absolute atomic E-state index is 0.521. The molecule has 2 nitrogen and oxygen atoms in total. The number of hydrogen-bond donors (Lipinski definition) is 0. The van der Waals surface area contributed by atoms with Crippen molar-refractivity contribution in [1.29, 1.82) is 0 Å². The van der Waals surface area contributed by atoms with Gasteiger partial charge in [-0.05, 0) is 5.56 Å². The third-order valence-corrected chi connectivity index (χ3v) is 2.60. The third kappa shape index (κ3) is 2.07. The average molecular weight is 209 g/mol. The van der Waals surface area contributed by atoms with Crippen LogP contribution in [-0.4, -0.2) is 29.7 Å². The molecule has 0 bridgehead atoms. The lowest BCUT2D eigenvalue weighted by Gasteiger charge is -2.18. The Balaban J connectivity index is 2.02. The van der Waals surface area contributed by atoms with E-state index in [0.717, 1.165) is 25.5 Å². The summed E-state index contributed by atoms with van der Waals surface area (Å²) >= 11 is 5.80. The molecule has 0 aliphatic carbocycles. The number of amidine groups is 1. The maximum absolute atomic E-state index is 5.80. The van der Waals surface area contributed by atoms with Gasteiger partial charge in [-0.2, -0.15) is 0 Å². The Labute approximate surface area is 89.2 Å². The van der Waals surface area contributed by atoms with Crippen LogP contribution < -0.4 is 0 Å². The van der Waals surface area contributed by atoms with Gasteiger partial charge in [0.05, 0.1) is 12.4 Å². The molecule has 0 radical (unpaired) electrons. The van der Waals surface area contributed by atoms with Crippen LogP contribution in [0.2, 0.25) is 0 Å². The zero-order valence-corrected chi connectivity index (χ0v) is 8.74. The lowest BCUT2D eigenvalue weighted by molar-refractivity contribution is 0.450. The zero-order chi connectivity index (χ0) is 9.80. The number of hydrogen-bond acceptors (Lipinski definition) is 2. The van der Waals surface area contributed by atoms with E-state index in [1.165, 1.54) is 5.56 Å². The van der Waals surface area contributed by atoms with Gasteiger partial charge in [0.25, 0.3) is 0 Å². The highest BCUT2D eigenvalue weighted by Gasteiger charge is 2.15. The van der Waals surface area contributed by atoms with Crippen LogP contribution in [0.4, 0.5) is 0 Å². The van der Waals surface area contributed by atoms with Gasteiger partial charge in [0.1, 0.15) is 5.84 Å². The number of benzene rings is 1. The molecule has 0 atom stereocenters. The van der Waals surface area contributed by atoms with Gasteiger partial charge < -0.3 is 4.90 Å². The highest BCUT2D eigenvalue weighted by molar-refractivity contribution is 6.28. The van der Waals surface area contributed by atoms with Crippen molar-refractivity contribution in [2.24, 2.45) is 4.99 Å². The quantitative estimate of drug-likeness (QED) is 0.695. The lowest BCUT2D eigenvalue weighted by atomic mass is 10.2. The van der Waals surface area contributed by atoms with Crippen LogP contribution in [0.5, 0.6) is 0 Å². The SMILES string of the molecule is ClCC1=NCCN1Cc1ccccc1. The molecule has 0 fully saturated rings. The van der Waals surface area contributed by atoms with E-state index >= 15 is 0 Å². The van der Waals surface area contributed by atoms with Gasteiger partial charge in [-0.15, -0.1) is 11.6 Å². The molecule has 0 spiro atoms. The Morgan fingerprint density at radius 3 is 2.79 bits per heavy atom. The Hall–Kier alpha value is -1.02. The van der Waals surface area contributed by atoms with E-state index in [1.807, 2.05) is 6.07 Å². The first-order valence-electron chi connectivity index (χ1n) is 4.78. The third-order valence-electron chi connectivity index (χ3n) is 2.37. The van der Waals surface area contributed by atoms with Gasteiger partial charge in [-0.3, -0.25) is 4.99 Å². The topological polar surface area (TPSA) is 15.6 Å². The minimum atomic E-state index is 0.521. The molecule has 0 N–H and O–H groups in total. The van der Waals surface area contributed by atoms with Crippen molar-refractivity contribution >= 4 is 17.4 Å². The number of rotatable bonds is 3. The summed E-state index contributed by atoms with van der Waals surface area (Å²) in [4.78, 5) is 6.58. The number of alkyl halides is 1. The van der Waals surface area contributed by atoms with Gasteiger partial charge in [0.15, 0.2) is 0 Å². The van der Waals surface area contributed by atoms with E-state index in [0.29, 0.717) is 5.88 Å². The largest absolute Gasteiger partial charge is 0.353 e. The summed E-state index contributed by atoms with van der Waals surface area (Å²) in [5.41, 5.74) is 1.31. The van der Waals surface area contributed by atoms with Crippen LogP contribution >= 0.6 is 11.6 Å². The Morgan fingerprint density at radius 2 is 2.07 bits per heavy atom. The van der Waals surface area contributed by atoms with Crippen LogP contribution in [0.1, 0.15) is 5.56 Å². The van der Waals surface area contributed by atoms with Gasteiger partial charge in [0.2, 0.25) is 0 Å². The summed E-state index contributed by atoms with van der Waals surface area (Å²) in [6.45, 7) is 2.80. The van der Waals surface area contributed by atoms with Crippen molar-refractivity contribution < 1.29 is 0 Å². The summed E-state index contributed by atoms with van der Waals surface area (Å²) in [5, 5.41) is 0. The molecule has 14 heavy (non-hydrogen) atoms. The van der Waals surface area contributed by atoms with Crippen molar-refractivity contribution in [3.8, 4) is 0 Å². The second-order valence-electron chi connectivity index (χ2n) is 3.34. The van der Waals surface area contributed by atoms with E-state index < -0.39 is 0 Å². The van der Waals surface area contributed by atoms with E-state index in [4.69, 9.17) is 11.6 Å². The molecule has 0 amide bonds. The maximum Gasteiger partial charge on any atom is 0.114 e. The van der Waals surface area contributed by atoms with Crippen LogP contribution in [0.3, 0.4) is 0 Å². The standard InChI is InChI=1S/C11H13ClN2/c12-8-11-13-6-7-14(11)9-10-4-2-1-3-5-10/h1-5H,6-9H2. The molecule has 0 saturated carbocycles. The Kier molecular flexibility index (Phi) is 3.04. The predicted molar refractivity (Wildman–Crippen MR) is 59.9 cm³/mol. The summed E-state index contributed by atoms with van der Waals surface area (Å²) in [7, 11) is 0. The molecule has 0 aromatic heterocycles. The molecule has 1 aromatic carbocycles. The fraction of sp³-hybridized carbons (Fsp3) is 0.364. The van der Waals surface area contributed by atoms with Crippen LogP contribution in [0.25, 0.3) is 0 Å². The van der Waals surface area contributed by atoms with E-state index in [1.54, 1.807) is 0 Å². The first-order chi connectivity index (χ1) is 6.90. The highest BCUT2D eigenvalue weighted by Crippen LogP contribution is 2.09. The lowest BCUT2D eigenvalue weighted by Crippen LogP contribution is -2.28. The molecule has 2 rings (SSSR count). The molecule has 0 saturated heterocycles. The maximum atomic E-state index is 5.80. The first kappa shape index (κ1) is 9.53. The summed E-state index contributed by atoms with van der Waals surface area (Å²) in [6.07, 6.45) is 0. The zero-order valence-electron chi connectivity index (χ0n) is 7.99. The van der Waals surface area contributed by atoms with E-state index in [2.05, 4.69) is 34.2 Å². The van der Waals surface area contributed by atoms with Crippen molar-refractivity contribution in [3.05, 3.63) is 35.9 Å². The molecule has 0 unspecified atom stereocenters. The minimum Gasteiger partial charge on any atom is -0.353 e. The summed E-state index contributed by atoms with van der Waals surface area (Å²) in [5.74, 6) is 1.54. The predicted octanol–water partition coefficient (Wildman–Crippen LogP) is 2.14. The molecule has 1 heterocycles. The Bertz CT molecular complexity index is 321. The molecule has 1 aliphatic rings. The van der Waals surface area contributed by atoms with E-state index in [9.17, 15) is 0 Å².